The lowest BCUT2D eigenvalue weighted by molar-refractivity contribution is 0.0659. The number of ether oxygens (including phenoxy) is 2. The fourth-order valence-electron chi connectivity index (χ4n) is 2.26. The molecule has 0 spiro atoms. The smallest absolute Gasteiger partial charge is 0.221 e. The van der Waals surface area contributed by atoms with Gasteiger partial charge < -0.3 is 14.8 Å². The zero-order valence-electron chi connectivity index (χ0n) is 11.8. The normalized spacial score (nSPS) is 18.5. The quantitative estimate of drug-likeness (QED) is 0.820. The molecule has 1 aromatic rings. The van der Waals surface area contributed by atoms with E-state index in [2.05, 4.69) is 29.1 Å². The SMILES string of the molecule is CCCc1c(NCC)ncnc1OCC1CCCO1. The molecule has 5 nitrogen and oxygen atoms in total. The summed E-state index contributed by atoms with van der Waals surface area (Å²) in [6, 6.07) is 0. The van der Waals surface area contributed by atoms with E-state index in [4.69, 9.17) is 9.47 Å². The Bertz CT molecular complexity index is 392. The minimum Gasteiger partial charge on any atom is -0.475 e. The first-order valence-corrected chi connectivity index (χ1v) is 7.17. The predicted octanol–water partition coefficient (Wildman–Crippen LogP) is 2.42. The largest absolute Gasteiger partial charge is 0.475 e. The van der Waals surface area contributed by atoms with Crippen LogP contribution in [0.4, 0.5) is 5.82 Å². The van der Waals surface area contributed by atoms with Gasteiger partial charge >= 0.3 is 0 Å². The number of hydrogen-bond donors (Lipinski definition) is 1. The molecular weight excluding hydrogens is 242 g/mol. The van der Waals surface area contributed by atoms with E-state index in [9.17, 15) is 0 Å². The molecular formula is C14H23N3O2. The van der Waals surface area contributed by atoms with E-state index in [0.29, 0.717) is 12.5 Å². The topological polar surface area (TPSA) is 56.3 Å². The Balaban J connectivity index is 2.06. The van der Waals surface area contributed by atoms with Crippen LogP contribution in [0.25, 0.3) is 0 Å². The molecule has 1 aliphatic rings. The molecule has 1 atom stereocenters. The Hall–Kier alpha value is -1.36. The molecule has 2 rings (SSSR count). The van der Waals surface area contributed by atoms with Gasteiger partial charge in [-0.25, -0.2) is 9.97 Å². The van der Waals surface area contributed by atoms with Crippen molar-refractivity contribution >= 4 is 5.82 Å². The molecule has 0 radical (unpaired) electrons. The van der Waals surface area contributed by atoms with Gasteiger partial charge in [-0.2, -0.15) is 0 Å². The molecule has 106 valence electrons. The summed E-state index contributed by atoms with van der Waals surface area (Å²) >= 11 is 0. The monoisotopic (exact) mass is 265 g/mol. The van der Waals surface area contributed by atoms with Gasteiger partial charge in [0.2, 0.25) is 5.88 Å². The fourth-order valence-corrected chi connectivity index (χ4v) is 2.26. The third-order valence-electron chi connectivity index (χ3n) is 3.18. The molecule has 5 heteroatoms. The molecule has 0 bridgehead atoms. The van der Waals surface area contributed by atoms with Crippen LogP contribution in [0, 0.1) is 0 Å². The first-order chi connectivity index (χ1) is 9.35. The summed E-state index contributed by atoms with van der Waals surface area (Å²) in [6.07, 6.45) is 5.94. The lowest BCUT2D eigenvalue weighted by Gasteiger charge is -2.15. The minimum atomic E-state index is 0.215. The fraction of sp³-hybridized carbons (Fsp3) is 0.714. The third kappa shape index (κ3) is 3.80. The lowest BCUT2D eigenvalue weighted by Crippen LogP contribution is -2.18. The highest BCUT2D eigenvalue weighted by molar-refractivity contribution is 5.48. The van der Waals surface area contributed by atoms with E-state index in [0.717, 1.165) is 50.2 Å². The number of aromatic nitrogens is 2. The molecule has 1 saturated heterocycles. The average Bonchev–Trinajstić information content (AvgIpc) is 2.93. The number of anilines is 1. The van der Waals surface area contributed by atoms with Crippen LogP contribution in [0.15, 0.2) is 6.33 Å². The van der Waals surface area contributed by atoms with Gasteiger partial charge in [-0.1, -0.05) is 13.3 Å². The first-order valence-electron chi connectivity index (χ1n) is 7.17. The van der Waals surface area contributed by atoms with Crippen LogP contribution in [-0.2, 0) is 11.2 Å². The molecule has 1 aromatic heterocycles. The van der Waals surface area contributed by atoms with Crippen molar-refractivity contribution in [1.82, 2.24) is 9.97 Å². The first kappa shape index (κ1) is 14.1. The van der Waals surface area contributed by atoms with Gasteiger partial charge in [-0.15, -0.1) is 0 Å². The molecule has 0 amide bonds. The number of nitrogens with one attached hydrogen (secondary N) is 1. The van der Waals surface area contributed by atoms with Crippen LogP contribution in [0.3, 0.4) is 0 Å². The highest BCUT2D eigenvalue weighted by atomic mass is 16.5. The van der Waals surface area contributed by atoms with Gasteiger partial charge in [0.1, 0.15) is 18.8 Å². The van der Waals surface area contributed by atoms with Crippen molar-refractivity contribution in [3.05, 3.63) is 11.9 Å². The molecule has 0 saturated carbocycles. The van der Waals surface area contributed by atoms with E-state index < -0.39 is 0 Å². The van der Waals surface area contributed by atoms with Gasteiger partial charge in [0.25, 0.3) is 0 Å². The number of hydrogen-bond acceptors (Lipinski definition) is 5. The Labute approximate surface area is 114 Å². The molecule has 19 heavy (non-hydrogen) atoms. The van der Waals surface area contributed by atoms with Crippen molar-refractivity contribution < 1.29 is 9.47 Å². The van der Waals surface area contributed by atoms with E-state index in [1.54, 1.807) is 6.33 Å². The Kier molecular flexibility index (Phi) is 5.39. The van der Waals surface area contributed by atoms with Gasteiger partial charge in [-0.3, -0.25) is 0 Å². The van der Waals surface area contributed by atoms with Gasteiger partial charge in [0.15, 0.2) is 0 Å². The maximum atomic E-state index is 5.84. The summed E-state index contributed by atoms with van der Waals surface area (Å²) in [4.78, 5) is 8.57. The summed E-state index contributed by atoms with van der Waals surface area (Å²) in [5.41, 5.74) is 1.07. The molecule has 0 aromatic carbocycles. The maximum absolute atomic E-state index is 5.84. The van der Waals surface area contributed by atoms with Crippen molar-refractivity contribution in [2.45, 2.75) is 45.6 Å². The lowest BCUT2D eigenvalue weighted by atomic mass is 10.1. The van der Waals surface area contributed by atoms with Crippen LogP contribution in [0.2, 0.25) is 0 Å². The predicted molar refractivity (Wildman–Crippen MR) is 74.7 cm³/mol. The molecule has 1 unspecified atom stereocenters. The summed E-state index contributed by atoms with van der Waals surface area (Å²) in [6.45, 7) is 6.48. The molecule has 1 N–H and O–H groups in total. The number of rotatable bonds is 7. The Morgan fingerprint density at radius 1 is 1.42 bits per heavy atom. The van der Waals surface area contributed by atoms with Gasteiger partial charge in [-0.05, 0) is 26.2 Å². The van der Waals surface area contributed by atoms with Crippen molar-refractivity contribution in [2.75, 3.05) is 25.1 Å². The minimum absolute atomic E-state index is 0.215. The molecule has 2 heterocycles. The standard InChI is InChI=1S/C14H23N3O2/c1-3-6-12-13(15-4-2)16-10-17-14(12)19-9-11-7-5-8-18-11/h10-11H,3-9H2,1-2H3,(H,15,16,17). The third-order valence-corrected chi connectivity index (χ3v) is 3.18. The van der Waals surface area contributed by atoms with E-state index in [1.807, 2.05) is 0 Å². The van der Waals surface area contributed by atoms with E-state index in [-0.39, 0.29) is 6.10 Å². The van der Waals surface area contributed by atoms with Gasteiger partial charge in [0, 0.05) is 13.2 Å². The summed E-state index contributed by atoms with van der Waals surface area (Å²) in [5.74, 6) is 1.59. The van der Waals surface area contributed by atoms with Crippen molar-refractivity contribution in [3.8, 4) is 5.88 Å². The zero-order valence-corrected chi connectivity index (χ0v) is 11.8. The molecule has 1 aliphatic heterocycles. The average molecular weight is 265 g/mol. The Morgan fingerprint density at radius 3 is 3.00 bits per heavy atom. The zero-order chi connectivity index (χ0) is 13.5. The van der Waals surface area contributed by atoms with E-state index in [1.165, 1.54) is 0 Å². The van der Waals surface area contributed by atoms with Crippen LogP contribution in [0.5, 0.6) is 5.88 Å². The second-order valence-electron chi connectivity index (χ2n) is 4.73. The maximum Gasteiger partial charge on any atom is 0.221 e. The van der Waals surface area contributed by atoms with E-state index >= 15 is 0 Å². The molecule has 1 fully saturated rings. The second-order valence-corrected chi connectivity index (χ2v) is 4.73. The molecule has 0 aliphatic carbocycles. The van der Waals surface area contributed by atoms with Crippen molar-refractivity contribution in [2.24, 2.45) is 0 Å². The van der Waals surface area contributed by atoms with Crippen LogP contribution < -0.4 is 10.1 Å². The van der Waals surface area contributed by atoms with Crippen LogP contribution in [0.1, 0.15) is 38.7 Å². The van der Waals surface area contributed by atoms with Gasteiger partial charge in [0.05, 0.1) is 11.7 Å². The highest BCUT2D eigenvalue weighted by Gasteiger charge is 2.18. The van der Waals surface area contributed by atoms with Crippen LogP contribution >= 0.6 is 0 Å². The summed E-state index contributed by atoms with van der Waals surface area (Å²) in [5, 5.41) is 3.27. The van der Waals surface area contributed by atoms with Crippen molar-refractivity contribution in [3.63, 3.8) is 0 Å². The summed E-state index contributed by atoms with van der Waals surface area (Å²) < 4.78 is 11.4. The van der Waals surface area contributed by atoms with Crippen LogP contribution in [-0.4, -0.2) is 35.8 Å². The summed E-state index contributed by atoms with van der Waals surface area (Å²) in [7, 11) is 0. The van der Waals surface area contributed by atoms with Crippen molar-refractivity contribution in [1.29, 1.82) is 0 Å². The number of nitrogens with zero attached hydrogens (tertiary/aromatic N) is 2. The Morgan fingerprint density at radius 2 is 2.32 bits per heavy atom. The highest BCUT2D eigenvalue weighted by Crippen LogP contribution is 2.24. The second kappa shape index (κ2) is 7.28.